The number of carboxylic acid groups (broad SMARTS) is 1. The van der Waals surface area contributed by atoms with Crippen molar-refractivity contribution in [3.63, 3.8) is 0 Å². The number of aromatic carboxylic acids is 1. The lowest BCUT2D eigenvalue weighted by molar-refractivity contribution is 0.0689. The minimum absolute atomic E-state index is 0.102. The molecule has 17 heavy (non-hydrogen) atoms. The highest BCUT2D eigenvalue weighted by atomic mass is 79.9. The Kier molecular flexibility index (Phi) is 3.28. The summed E-state index contributed by atoms with van der Waals surface area (Å²) in [7, 11) is 0. The average molecular weight is 295 g/mol. The van der Waals surface area contributed by atoms with Crippen LogP contribution in [-0.2, 0) is 6.42 Å². The van der Waals surface area contributed by atoms with Crippen LogP contribution in [0.4, 0.5) is 0 Å². The number of aryl methyl sites for hydroxylation is 1. The van der Waals surface area contributed by atoms with Crippen LogP contribution in [0.2, 0.25) is 0 Å². The van der Waals surface area contributed by atoms with Crippen molar-refractivity contribution in [2.24, 2.45) is 0 Å². The van der Waals surface area contributed by atoms with Gasteiger partial charge in [0.05, 0.1) is 0 Å². The van der Waals surface area contributed by atoms with E-state index in [9.17, 15) is 4.79 Å². The smallest absolute Gasteiger partial charge is 0.356 e. The number of nitrogens with one attached hydrogen (secondary N) is 1. The van der Waals surface area contributed by atoms with Gasteiger partial charge in [-0.1, -0.05) is 28.1 Å². The van der Waals surface area contributed by atoms with E-state index in [1.54, 1.807) is 0 Å². The molecule has 0 unspecified atom stereocenters. The molecule has 2 N–H and O–H groups in total. The molecule has 5 heteroatoms. The summed E-state index contributed by atoms with van der Waals surface area (Å²) in [6, 6.07) is 7.79. The number of aromatic amines is 1. The van der Waals surface area contributed by atoms with Crippen LogP contribution in [0.25, 0.3) is 0 Å². The molecule has 0 aliphatic rings. The number of hydrogen-bond donors (Lipinski definition) is 2. The second-order valence-corrected chi connectivity index (χ2v) is 4.70. The molecule has 0 saturated carbocycles. The van der Waals surface area contributed by atoms with Gasteiger partial charge < -0.3 is 5.11 Å². The minimum Gasteiger partial charge on any atom is -0.476 e. The molecule has 0 atom stereocenters. The van der Waals surface area contributed by atoms with Gasteiger partial charge in [0, 0.05) is 22.2 Å². The van der Waals surface area contributed by atoms with Crippen LogP contribution in [0.15, 0.2) is 28.7 Å². The third kappa shape index (κ3) is 2.55. The molecule has 1 heterocycles. The van der Waals surface area contributed by atoms with Crippen molar-refractivity contribution in [1.29, 1.82) is 0 Å². The summed E-state index contributed by atoms with van der Waals surface area (Å²) in [6.07, 6.45) is 0.567. The summed E-state index contributed by atoms with van der Waals surface area (Å²) in [5, 5.41) is 15.5. The molecule has 0 aliphatic carbocycles. The number of benzene rings is 1. The van der Waals surface area contributed by atoms with E-state index < -0.39 is 5.97 Å². The van der Waals surface area contributed by atoms with E-state index >= 15 is 0 Å². The van der Waals surface area contributed by atoms with Gasteiger partial charge >= 0.3 is 5.97 Å². The molecule has 88 valence electrons. The van der Waals surface area contributed by atoms with Gasteiger partial charge in [-0.2, -0.15) is 5.10 Å². The highest BCUT2D eigenvalue weighted by Crippen LogP contribution is 2.18. The third-order valence-electron chi connectivity index (χ3n) is 2.57. The quantitative estimate of drug-likeness (QED) is 0.915. The highest BCUT2D eigenvalue weighted by Gasteiger charge is 2.16. The fourth-order valence-corrected chi connectivity index (χ4v) is 1.92. The Labute approximate surface area is 107 Å². The van der Waals surface area contributed by atoms with Gasteiger partial charge in [0.1, 0.15) is 0 Å². The number of hydrogen-bond acceptors (Lipinski definition) is 2. The molecule has 2 aromatic rings. The molecule has 1 aromatic carbocycles. The maximum atomic E-state index is 11.0. The molecule has 1 aromatic heterocycles. The Hall–Kier alpha value is -1.62. The van der Waals surface area contributed by atoms with E-state index in [1.165, 1.54) is 0 Å². The van der Waals surface area contributed by atoms with E-state index in [-0.39, 0.29) is 5.69 Å². The lowest BCUT2D eigenvalue weighted by Crippen LogP contribution is -2.02. The van der Waals surface area contributed by atoms with Crippen LogP contribution in [0, 0.1) is 6.92 Å². The molecule has 0 radical (unpaired) electrons. The normalized spacial score (nSPS) is 10.5. The van der Waals surface area contributed by atoms with Gasteiger partial charge in [0.2, 0.25) is 0 Å². The maximum Gasteiger partial charge on any atom is 0.356 e. The van der Waals surface area contributed by atoms with Crippen molar-refractivity contribution >= 4 is 21.9 Å². The largest absolute Gasteiger partial charge is 0.476 e. The molecule has 0 spiro atoms. The Morgan fingerprint density at radius 3 is 2.65 bits per heavy atom. The third-order valence-corrected chi connectivity index (χ3v) is 3.10. The fourth-order valence-electron chi connectivity index (χ4n) is 1.65. The number of aromatic nitrogens is 2. The first-order valence-electron chi connectivity index (χ1n) is 5.09. The first kappa shape index (κ1) is 11.9. The monoisotopic (exact) mass is 294 g/mol. The van der Waals surface area contributed by atoms with E-state index in [0.29, 0.717) is 6.42 Å². The minimum atomic E-state index is -0.999. The fraction of sp³-hybridized carbons (Fsp3) is 0.167. The number of nitrogens with zero attached hydrogens (tertiary/aromatic N) is 1. The van der Waals surface area contributed by atoms with E-state index in [1.807, 2.05) is 31.2 Å². The van der Waals surface area contributed by atoms with Crippen LogP contribution in [0.1, 0.15) is 27.3 Å². The first-order valence-corrected chi connectivity index (χ1v) is 5.89. The zero-order chi connectivity index (χ0) is 12.4. The predicted molar refractivity (Wildman–Crippen MR) is 67.2 cm³/mol. The number of carboxylic acids is 1. The summed E-state index contributed by atoms with van der Waals surface area (Å²) < 4.78 is 1.00. The Morgan fingerprint density at radius 1 is 1.41 bits per heavy atom. The highest BCUT2D eigenvalue weighted by molar-refractivity contribution is 9.10. The van der Waals surface area contributed by atoms with Gasteiger partial charge in [0.25, 0.3) is 0 Å². The molecule has 0 amide bonds. The van der Waals surface area contributed by atoms with Crippen LogP contribution in [-0.4, -0.2) is 21.3 Å². The summed E-state index contributed by atoms with van der Waals surface area (Å²) in [5.41, 5.74) is 2.69. The second-order valence-electron chi connectivity index (χ2n) is 3.78. The standard InChI is InChI=1S/C12H11BrN2O2/c1-7-10(11(12(16)17)15-14-7)6-8-2-4-9(13)5-3-8/h2-5H,6H2,1H3,(H,14,15)(H,16,17). The van der Waals surface area contributed by atoms with Crippen molar-refractivity contribution in [2.45, 2.75) is 13.3 Å². The molecular weight excluding hydrogens is 284 g/mol. The van der Waals surface area contributed by atoms with Crippen molar-refractivity contribution < 1.29 is 9.90 Å². The van der Waals surface area contributed by atoms with Gasteiger partial charge in [-0.15, -0.1) is 0 Å². The first-order chi connectivity index (χ1) is 8.08. The zero-order valence-electron chi connectivity index (χ0n) is 9.20. The van der Waals surface area contributed by atoms with Crippen molar-refractivity contribution in [2.75, 3.05) is 0 Å². The van der Waals surface area contributed by atoms with Crippen molar-refractivity contribution in [3.8, 4) is 0 Å². The van der Waals surface area contributed by atoms with Gasteiger partial charge in [-0.25, -0.2) is 4.79 Å². The van der Waals surface area contributed by atoms with Crippen LogP contribution < -0.4 is 0 Å². The maximum absolute atomic E-state index is 11.0. The van der Waals surface area contributed by atoms with Crippen molar-refractivity contribution in [1.82, 2.24) is 10.2 Å². The lowest BCUT2D eigenvalue weighted by Gasteiger charge is -2.02. The summed E-state index contributed by atoms with van der Waals surface area (Å²) in [6.45, 7) is 1.83. The van der Waals surface area contributed by atoms with E-state index in [0.717, 1.165) is 21.3 Å². The number of H-pyrrole nitrogens is 1. The van der Waals surface area contributed by atoms with Gasteiger partial charge in [-0.05, 0) is 24.6 Å². The Balaban J connectivity index is 2.32. The van der Waals surface area contributed by atoms with Crippen LogP contribution in [0.5, 0.6) is 0 Å². The molecule has 0 fully saturated rings. The molecule has 2 rings (SSSR count). The molecular formula is C12H11BrN2O2. The summed E-state index contributed by atoms with van der Waals surface area (Å²) in [4.78, 5) is 11.0. The zero-order valence-corrected chi connectivity index (χ0v) is 10.8. The van der Waals surface area contributed by atoms with Crippen LogP contribution in [0.3, 0.4) is 0 Å². The SMILES string of the molecule is Cc1[nH]nc(C(=O)O)c1Cc1ccc(Br)cc1. The van der Waals surface area contributed by atoms with E-state index in [4.69, 9.17) is 5.11 Å². The number of rotatable bonds is 3. The van der Waals surface area contributed by atoms with Gasteiger partial charge in [0.15, 0.2) is 5.69 Å². The predicted octanol–water partition coefficient (Wildman–Crippen LogP) is 2.77. The topological polar surface area (TPSA) is 66.0 Å². The lowest BCUT2D eigenvalue weighted by atomic mass is 10.0. The molecule has 0 bridgehead atoms. The van der Waals surface area contributed by atoms with E-state index in [2.05, 4.69) is 26.1 Å². The number of carbonyl (C=O) groups is 1. The van der Waals surface area contributed by atoms with Crippen LogP contribution >= 0.6 is 15.9 Å². The molecule has 4 nitrogen and oxygen atoms in total. The second kappa shape index (κ2) is 4.71. The summed E-state index contributed by atoms with van der Waals surface area (Å²) in [5.74, 6) is -0.999. The Bertz CT molecular complexity index is 546. The number of halogens is 1. The molecule has 0 aliphatic heterocycles. The summed E-state index contributed by atoms with van der Waals surface area (Å²) >= 11 is 3.36. The average Bonchev–Trinajstić information content (AvgIpc) is 2.64. The Morgan fingerprint density at radius 2 is 2.06 bits per heavy atom. The van der Waals surface area contributed by atoms with Crippen molar-refractivity contribution in [3.05, 3.63) is 51.3 Å². The van der Waals surface area contributed by atoms with Gasteiger partial charge in [-0.3, -0.25) is 5.10 Å². The molecule has 0 saturated heterocycles.